The number of aromatic nitrogens is 2. The van der Waals surface area contributed by atoms with E-state index in [1.165, 1.54) is 19.4 Å². The number of nitrogens with one attached hydrogen (secondary N) is 12. The summed E-state index contributed by atoms with van der Waals surface area (Å²) in [5.41, 5.74) is 28.8. The molecule has 0 aliphatic heterocycles. The summed E-state index contributed by atoms with van der Waals surface area (Å²) in [6, 6.07) is -11.4. The Hall–Kier alpha value is -10.9. The number of hydrogen-bond acceptors (Lipinski definition) is 20. The lowest BCUT2D eigenvalue weighted by atomic mass is 9.99. The monoisotopic (exact) mass is 1410 g/mol. The Morgan fingerprint density at radius 1 is 0.490 bits per heavy atom. The van der Waals surface area contributed by atoms with Gasteiger partial charge in [-0.1, -0.05) is 71.4 Å². The van der Waals surface area contributed by atoms with Gasteiger partial charge in [0.05, 0.1) is 31.8 Å². The SMILES string of the molecule is CC[C@H](NC(=O)[C@H](CCC(=O)O)NC(=O)[C@H](CO)NC(=O)[C@@H](N)[C@@H](C)CC)C(=O)N[C@@H](CC(N)=O)C(=O)N[C@@H](CC(C)C)C(=O)N[C@@H](CC(=O)O)C(=O)N[C@@H](C)C(=O)N[C@@H](CCC(=O)O)C(=O)N[C@@H](Cc1ccccc1)C(=O)N[C@@H](CCCN=C(N)N)C(=O)N[C@@H](Cc1cnc[nH]1)C(N)=O. The third-order valence-corrected chi connectivity index (χ3v) is 15.3. The van der Waals surface area contributed by atoms with Crippen LogP contribution in [-0.2, 0) is 89.6 Å². The Morgan fingerprint density at radius 2 is 0.930 bits per heavy atom. The summed E-state index contributed by atoms with van der Waals surface area (Å²) in [6.07, 6.45) is -2.48. The normalized spacial score (nSPS) is 14.9. The highest BCUT2D eigenvalue weighted by molar-refractivity contribution is 6.01. The Labute approximate surface area is 574 Å². The van der Waals surface area contributed by atoms with Gasteiger partial charge < -0.3 is 113 Å². The summed E-state index contributed by atoms with van der Waals surface area (Å²) < 4.78 is 0. The third kappa shape index (κ3) is 31.6. The topological polar surface area (TPSA) is 658 Å². The highest BCUT2D eigenvalue weighted by Crippen LogP contribution is 2.13. The summed E-state index contributed by atoms with van der Waals surface area (Å²) >= 11 is 0. The molecule has 0 fully saturated rings. The van der Waals surface area contributed by atoms with E-state index in [4.69, 9.17) is 28.7 Å². The number of aliphatic hydroxyl groups is 1. The Kier molecular flexibility index (Phi) is 37.0. The van der Waals surface area contributed by atoms with Gasteiger partial charge in [0.2, 0.25) is 76.8 Å². The molecule has 2 rings (SSSR count). The first-order valence-electron chi connectivity index (χ1n) is 32.0. The van der Waals surface area contributed by atoms with E-state index in [0.29, 0.717) is 17.7 Å². The molecule has 0 unspecified atom stereocenters. The molecule has 39 nitrogen and oxygen atoms in total. The van der Waals surface area contributed by atoms with Gasteiger partial charge in [-0.05, 0) is 62.8 Å². The summed E-state index contributed by atoms with van der Waals surface area (Å²) in [5, 5.41) is 64.7. The van der Waals surface area contributed by atoms with Crippen molar-refractivity contribution < 1.29 is 97.1 Å². The van der Waals surface area contributed by atoms with E-state index in [0.717, 1.165) is 6.92 Å². The molecule has 1 aromatic carbocycles. The van der Waals surface area contributed by atoms with Gasteiger partial charge in [-0.2, -0.15) is 0 Å². The molecular weight excluding hydrogens is 1320 g/mol. The first-order valence-corrected chi connectivity index (χ1v) is 32.0. The van der Waals surface area contributed by atoms with E-state index < -0.39 is 218 Å². The maximum absolute atomic E-state index is 14.3. The first kappa shape index (κ1) is 85.2. The predicted octanol–water partition coefficient (Wildman–Crippen LogP) is -7.01. The summed E-state index contributed by atoms with van der Waals surface area (Å²) in [5.74, 6) is -19.9. The molecule has 0 saturated heterocycles. The number of carboxylic acid groups (broad SMARTS) is 3. The highest BCUT2D eigenvalue weighted by atomic mass is 16.4. The van der Waals surface area contributed by atoms with Crippen LogP contribution < -0.4 is 87.2 Å². The average molecular weight is 1410 g/mol. The minimum atomic E-state index is -2.04. The number of carboxylic acids is 3. The van der Waals surface area contributed by atoms with Gasteiger partial charge in [0.15, 0.2) is 5.96 Å². The molecule has 13 amide bonds. The number of carbonyl (C=O) groups is 16. The lowest BCUT2D eigenvalue weighted by Gasteiger charge is -2.28. The number of aromatic amines is 1. The van der Waals surface area contributed by atoms with Crippen LogP contribution in [0.15, 0.2) is 47.8 Å². The van der Waals surface area contributed by atoms with Gasteiger partial charge in [0.1, 0.15) is 66.5 Å². The molecule has 0 saturated carbocycles. The van der Waals surface area contributed by atoms with E-state index in [1.54, 1.807) is 58.0 Å². The Morgan fingerprint density at radius 3 is 1.41 bits per heavy atom. The predicted molar refractivity (Wildman–Crippen MR) is 353 cm³/mol. The fraction of sp³-hybridized carbons (Fsp3) is 0.574. The molecule has 26 N–H and O–H groups in total. The number of aliphatic carboxylic acids is 3. The molecule has 0 radical (unpaired) electrons. The maximum atomic E-state index is 14.3. The zero-order valence-corrected chi connectivity index (χ0v) is 56.3. The van der Waals surface area contributed by atoms with Crippen LogP contribution in [0.3, 0.4) is 0 Å². The van der Waals surface area contributed by atoms with Crippen LogP contribution in [0.2, 0.25) is 0 Å². The minimum Gasteiger partial charge on any atom is -0.481 e. The highest BCUT2D eigenvalue weighted by Gasteiger charge is 2.38. The zero-order chi connectivity index (χ0) is 75.5. The fourth-order valence-electron chi connectivity index (χ4n) is 9.42. The van der Waals surface area contributed by atoms with Crippen molar-refractivity contribution in [2.75, 3.05) is 13.2 Å². The fourth-order valence-corrected chi connectivity index (χ4v) is 9.42. The summed E-state index contributed by atoms with van der Waals surface area (Å²) in [4.78, 5) is 223. The second-order valence-corrected chi connectivity index (χ2v) is 23.9. The lowest BCUT2D eigenvalue weighted by molar-refractivity contribution is -0.142. The van der Waals surface area contributed by atoms with Crippen molar-refractivity contribution in [3.63, 3.8) is 0 Å². The molecule has 0 aliphatic carbocycles. The van der Waals surface area contributed by atoms with E-state index in [-0.39, 0.29) is 56.9 Å². The number of H-pyrrole nitrogens is 1. The van der Waals surface area contributed by atoms with Crippen LogP contribution in [0.25, 0.3) is 0 Å². The van der Waals surface area contributed by atoms with Crippen molar-refractivity contribution in [3.05, 3.63) is 54.1 Å². The molecule has 0 spiro atoms. The number of guanidine groups is 1. The van der Waals surface area contributed by atoms with Gasteiger partial charge in [0.25, 0.3) is 0 Å². The average Bonchev–Trinajstić information content (AvgIpc) is 0.890. The summed E-state index contributed by atoms with van der Waals surface area (Å²) in [7, 11) is 0. The number of nitrogens with two attached hydrogens (primary N) is 5. The van der Waals surface area contributed by atoms with Gasteiger partial charge in [-0.15, -0.1) is 0 Å². The molecule has 2 aromatic rings. The van der Waals surface area contributed by atoms with Crippen molar-refractivity contribution in [2.45, 2.75) is 198 Å². The van der Waals surface area contributed by atoms with E-state index >= 15 is 0 Å². The van der Waals surface area contributed by atoms with Gasteiger partial charge in [0, 0.05) is 44.1 Å². The zero-order valence-electron chi connectivity index (χ0n) is 56.3. The number of hydrogen-bond donors (Lipinski definition) is 21. The quantitative estimate of drug-likeness (QED) is 0.0166. The van der Waals surface area contributed by atoms with E-state index in [9.17, 15) is 97.1 Å². The number of rotatable bonds is 47. The Balaban J connectivity index is 2.41. The van der Waals surface area contributed by atoms with Crippen LogP contribution in [0.1, 0.15) is 123 Å². The van der Waals surface area contributed by atoms with Crippen LogP contribution in [-0.4, -0.2) is 217 Å². The number of benzene rings is 1. The maximum Gasteiger partial charge on any atom is 0.305 e. The number of nitrogens with zero attached hydrogens (tertiary/aromatic N) is 2. The molecule has 100 heavy (non-hydrogen) atoms. The standard InChI is InChI=1S/C61H95N19O20/c1-7-30(5)48(63)60(100)80-43(27-81)59(99)74-37(17-19-46(85)86)53(93)71-34(8-2)51(91)78-41(24-44(62)82)58(98)76-39(21-29(3)4)56(96)79-42(25-47(87)88)55(95)70-31(6)50(90)72-36(16-18-45(83)84)54(94)77-40(22-32-13-10-9-11-14-32)57(97)73-35(15-12-20-68-61(65)66)52(92)75-38(49(64)89)23-33-26-67-28-69-33/h9-11,13-14,26,28-31,34-43,48,81H,7-8,12,15-25,27,63H2,1-6H3,(H2,62,82)(H2,64,89)(H,67,69)(H,70,95)(H,71,93)(H,72,90)(H,73,97)(H,74,99)(H,75,92)(H,76,98)(H,77,94)(H,78,91)(H,79,96)(H,80,100)(H,83,84)(H,85,86)(H,87,88)(H4,65,66,68)/t30-,31-,34-,35-,36-,37-,38-,39-,40-,41-,42-,43-,48-/m0/s1. The largest absolute Gasteiger partial charge is 0.481 e. The van der Waals surface area contributed by atoms with Crippen LogP contribution in [0.4, 0.5) is 0 Å². The van der Waals surface area contributed by atoms with Crippen LogP contribution in [0.5, 0.6) is 0 Å². The number of imidazole rings is 1. The van der Waals surface area contributed by atoms with Crippen molar-refractivity contribution in [3.8, 4) is 0 Å². The molecule has 0 bridgehead atoms. The van der Waals surface area contributed by atoms with E-state index in [2.05, 4.69) is 73.4 Å². The van der Waals surface area contributed by atoms with Gasteiger partial charge in [-0.25, -0.2) is 4.98 Å². The minimum absolute atomic E-state index is 0.00982. The molecule has 1 aromatic heterocycles. The number of amides is 13. The summed E-state index contributed by atoms with van der Waals surface area (Å²) in [6.45, 7) is 8.10. The smallest absolute Gasteiger partial charge is 0.305 e. The van der Waals surface area contributed by atoms with Crippen molar-refractivity contribution >= 4 is 101 Å². The van der Waals surface area contributed by atoms with Crippen LogP contribution >= 0.6 is 0 Å². The number of carbonyl (C=O) groups excluding carboxylic acids is 13. The van der Waals surface area contributed by atoms with Gasteiger partial charge in [-0.3, -0.25) is 81.7 Å². The first-order chi connectivity index (χ1) is 47.0. The Bertz CT molecular complexity index is 3190. The number of aliphatic imine (C=N–C) groups is 1. The number of primary amides is 2. The second-order valence-electron chi connectivity index (χ2n) is 23.9. The molecule has 554 valence electrons. The van der Waals surface area contributed by atoms with Crippen molar-refractivity contribution in [2.24, 2.45) is 45.5 Å². The van der Waals surface area contributed by atoms with Crippen molar-refractivity contribution in [1.82, 2.24) is 68.5 Å². The molecule has 39 heteroatoms. The van der Waals surface area contributed by atoms with Crippen molar-refractivity contribution in [1.29, 1.82) is 0 Å². The van der Waals surface area contributed by atoms with Gasteiger partial charge >= 0.3 is 17.9 Å². The number of aliphatic hydroxyl groups excluding tert-OH is 1. The molecule has 1 heterocycles. The second kappa shape index (κ2) is 43.4. The van der Waals surface area contributed by atoms with E-state index in [1.807, 2.05) is 0 Å². The molecular formula is C61H95N19O20. The molecule has 13 atom stereocenters. The van der Waals surface area contributed by atoms with Crippen LogP contribution in [0, 0.1) is 11.8 Å². The molecule has 0 aliphatic rings. The third-order valence-electron chi connectivity index (χ3n) is 15.3. The lowest BCUT2D eigenvalue weighted by Crippen LogP contribution is -2.61.